The van der Waals surface area contributed by atoms with Gasteiger partial charge < -0.3 is 10.6 Å². The second-order valence-corrected chi connectivity index (χ2v) is 6.23. The number of carbonyl (C=O) groups excluding carboxylic acids is 1. The Morgan fingerprint density at radius 1 is 0.880 bits per heavy atom. The van der Waals surface area contributed by atoms with E-state index in [1.165, 1.54) is 5.56 Å². The van der Waals surface area contributed by atoms with Crippen LogP contribution in [0, 0.1) is 20.8 Å². The molecular weight excluding hydrogens is 310 g/mol. The van der Waals surface area contributed by atoms with Crippen LogP contribution in [0.5, 0.6) is 0 Å². The van der Waals surface area contributed by atoms with Gasteiger partial charge in [0.25, 0.3) is 5.91 Å². The number of hydrogen-bond donors (Lipinski definition) is 2. The predicted octanol–water partition coefficient (Wildman–Crippen LogP) is 5.00. The maximum Gasteiger partial charge on any atom is 0.257 e. The molecule has 1 amide bonds. The van der Waals surface area contributed by atoms with E-state index in [1.54, 1.807) is 18.5 Å². The first-order valence-corrected chi connectivity index (χ1v) is 8.18. The van der Waals surface area contributed by atoms with E-state index in [1.807, 2.05) is 63.2 Å². The Morgan fingerprint density at radius 2 is 1.68 bits per heavy atom. The molecule has 0 spiro atoms. The number of aromatic nitrogens is 1. The molecule has 0 saturated carbocycles. The molecule has 0 aliphatic rings. The molecule has 2 aromatic carbocycles. The molecule has 0 aliphatic carbocycles. The van der Waals surface area contributed by atoms with Crippen molar-refractivity contribution < 1.29 is 4.79 Å². The lowest BCUT2D eigenvalue weighted by Gasteiger charge is -2.11. The number of nitrogens with zero attached hydrogens (tertiary/aromatic N) is 1. The Balaban J connectivity index is 1.78. The van der Waals surface area contributed by atoms with Crippen LogP contribution in [0.2, 0.25) is 0 Å². The highest BCUT2D eigenvalue weighted by atomic mass is 16.1. The third-order valence-electron chi connectivity index (χ3n) is 3.95. The van der Waals surface area contributed by atoms with Crippen LogP contribution >= 0.6 is 0 Å². The van der Waals surface area contributed by atoms with Crippen LogP contribution < -0.4 is 10.6 Å². The fourth-order valence-corrected chi connectivity index (χ4v) is 2.59. The molecule has 25 heavy (non-hydrogen) atoms. The molecule has 4 heteroatoms. The number of aryl methyl sites for hydroxylation is 3. The monoisotopic (exact) mass is 331 g/mol. The molecule has 0 bridgehead atoms. The molecule has 0 saturated heterocycles. The number of benzene rings is 2. The maximum absolute atomic E-state index is 12.6. The summed E-state index contributed by atoms with van der Waals surface area (Å²) in [5.41, 5.74) is 6.38. The van der Waals surface area contributed by atoms with E-state index in [9.17, 15) is 4.79 Å². The highest BCUT2D eigenvalue weighted by molar-refractivity contribution is 6.05. The number of carbonyl (C=O) groups is 1. The SMILES string of the molecule is Cc1cccc(Nc2cncc(C(=O)Nc3cc(C)ccc3C)c2)c1. The quantitative estimate of drug-likeness (QED) is 0.707. The third-order valence-corrected chi connectivity index (χ3v) is 3.95. The van der Waals surface area contributed by atoms with Gasteiger partial charge in [-0.15, -0.1) is 0 Å². The van der Waals surface area contributed by atoms with Crippen LogP contribution in [0.1, 0.15) is 27.0 Å². The highest BCUT2D eigenvalue weighted by Crippen LogP contribution is 2.20. The zero-order valence-corrected chi connectivity index (χ0v) is 14.6. The van der Waals surface area contributed by atoms with Crippen LogP contribution in [0.15, 0.2) is 60.9 Å². The number of nitrogens with one attached hydrogen (secondary N) is 2. The first-order valence-electron chi connectivity index (χ1n) is 8.18. The predicted molar refractivity (Wildman–Crippen MR) is 103 cm³/mol. The summed E-state index contributed by atoms with van der Waals surface area (Å²) in [7, 11) is 0. The van der Waals surface area contributed by atoms with Crippen molar-refractivity contribution in [2.75, 3.05) is 10.6 Å². The molecule has 0 radical (unpaired) electrons. The smallest absolute Gasteiger partial charge is 0.257 e. The van der Waals surface area contributed by atoms with Gasteiger partial charge in [-0.25, -0.2) is 0 Å². The van der Waals surface area contributed by atoms with E-state index < -0.39 is 0 Å². The van der Waals surface area contributed by atoms with Crippen molar-refractivity contribution >= 4 is 23.0 Å². The Hall–Kier alpha value is -3.14. The van der Waals surface area contributed by atoms with Crippen molar-refractivity contribution in [1.82, 2.24) is 4.98 Å². The Morgan fingerprint density at radius 3 is 2.48 bits per heavy atom. The van der Waals surface area contributed by atoms with Crippen LogP contribution in [0.4, 0.5) is 17.1 Å². The molecule has 0 fully saturated rings. The average Bonchev–Trinajstić information content (AvgIpc) is 2.58. The van der Waals surface area contributed by atoms with E-state index in [0.29, 0.717) is 5.56 Å². The fraction of sp³-hybridized carbons (Fsp3) is 0.143. The number of anilines is 3. The fourth-order valence-electron chi connectivity index (χ4n) is 2.59. The summed E-state index contributed by atoms with van der Waals surface area (Å²) in [5, 5.41) is 6.24. The Bertz CT molecular complexity index is 919. The van der Waals surface area contributed by atoms with E-state index in [2.05, 4.69) is 15.6 Å². The average molecular weight is 331 g/mol. The van der Waals surface area contributed by atoms with Crippen LogP contribution in [0.25, 0.3) is 0 Å². The van der Waals surface area contributed by atoms with Gasteiger partial charge in [-0.05, 0) is 61.7 Å². The lowest BCUT2D eigenvalue weighted by atomic mass is 10.1. The van der Waals surface area contributed by atoms with E-state index >= 15 is 0 Å². The standard InChI is InChI=1S/C21H21N3O/c1-14-5-4-6-18(9-14)23-19-11-17(12-22-13-19)21(25)24-20-10-15(2)7-8-16(20)3/h4-13,23H,1-3H3,(H,24,25). The molecular formula is C21H21N3O. The minimum absolute atomic E-state index is 0.172. The zero-order chi connectivity index (χ0) is 17.8. The molecule has 126 valence electrons. The third kappa shape index (κ3) is 4.23. The van der Waals surface area contributed by atoms with Crippen molar-refractivity contribution in [3.63, 3.8) is 0 Å². The molecule has 0 atom stereocenters. The molecule has 4 nitrogen and oxygen atoms in total. The van der Waals surface area contributed by atoms with Gasteiger partial charge in [0, 0.05) is 17.6 Å². The second kappa shape index (κ2) is 7.18. The summed E-state index contributed by atoms with van der Waals surface area (Å²) in [6.07, 6.45) is 3.28. The minimum Gasteiger partial charge on any atom is -0.354 e. The summed E-state index contributed by atoms with van der Waals surface area (Å²) in [4.78, 5) is 16.7. The van der Waals surface area contributed by atoms with Crippen LogP contribution in [0.3, 0.4) is 0 Å². The Labute approximate surface area is 147 Å². The Kier molecular flexibility index (Phi) is 4.80. The maximum atomic E-state index is 12.6. The summed E-state index contributed by atoms with van der Waals surface area (Å²) in [6, 6.07) is 15.8. The number of rotatable bonds is 4. The van der Waals surface area contributed by atoms with Crippen LogP contribution in [-0.2, 0) is 0 Å². The van der Waals surface area contributed by atoms with Gasteiger partial charge in [0.15, 0.2) is 0 Å². The largest absolute Gasteiger partial charge is 0.354 e. The summed E-state index contributed by atoms with van der Waals surface area (Å²) in [6.45, 7) is 6.02. The number of amides is 1. The molecule has 1 aromatic heterocycles. The van der Waals surface area contributed by atoms with Gasteiger partial charge in [-0.3, -0.25) is 9.78 Å². The van der Waals surface area contributed by atoms with Gasteiger partial charge in [0.05, 0.1) is 17.4 Å². The van der Waals surface area contributed by atoms with Crippen LogP contribution in [-0.4, -0.2) is 10.9 Å². The van der Waals surface area contributed by atoms with Crippen molar-refractivity contribution in [3.05, 3.63) is 83.2 Å². The zero-order valence-electron chi connectivity index (χ0n) is 14.6. The lowest BCUT2D eigenvalue weighted by molar-refractivity contribution is 0.102. The van der Waals surface area contributed by atoms with Gasteiger partial charge in [-0.2, -0.15) is 0 Å². The normalized spacial score (nSPS) is 10.4. The lowest BCUT2D eigenvalue weighted by Crippen LogP contribution is -2.13. The highest BCUT2D eigenvalue weighted by Gasteiger charge is 2.09. The van der Waals surface area contributed by atoms with Crippen molar-refractivity contribution in [2.45, 2.75) is 20.8 Å². The van der Waals surface area contributed by atoms with Crippen molar-refractivity contribution in [1.29, 1.82) is 0 Å². The molecule has 0 unspecified atom stereocenters. The molecule has 3 aromatic rings. The van der Waals surface area contributed by atoms with Gasteiger partial charge in [0.1, 0.15) is 0 Å². The van der Waals surface area contributed by atoms with Crippen molar-refractivity contribution in [3.8, 4) is 0 Å². The van der Waals surface area contributed by atoms with Crippen molar-refractivity contribution in [2.24, 2.45) is 0 Å². The van der Waals surface area contributed by atoms with Gasteiger partial charge in [0.2, 0.25) is 0 Å². The van der Waals surface area contributed by atoms with E-state index in [-0.39, 0.29) is 5.91 Å². The molecule has 0 aliphatic heterocycles. The number of hydrogen-bond acceptors (Lipinski definition) is 3. The summed E-state index contributed by atoms with van der Waals surface area (Å²) >= 11 is 0. The number of pyridine rings is 1. The molecule has 2 N–H and O–H groups in total. The van der Waals surface area contributed by atoms with Gasteiger partial charge >= 0.3 is 0 Å². The molecule has 3 rings (SSSR count). The van der Waals surface area contributed by atoms with E-state index in [0.717, 1.165) is 28.2 Å². The summed E-state index contributed by atoms with van der Waals surface area (Å²) in [5.74, 6) is -0.172. The van der Waals surface area contributed by atoms with E-state index in [4.69, 9.17) is 0 Å². The molecule has 1 heterocycles. The first kappa shape index (κ1) is 16.7. The minimum atomic E-state index is -0.172. The second-order valence-electron chi connectivity index (χ2n) is 6.23. The first-order chi connectivity index (χ1) is 12.0. The van der Waals surface area contributed by atoms with Gasteiger partial charge in [-0.1, -0.05) is 24.3 Å². The summed E-state index contributed by atoms with van der Waals surface area (Å²) < 4.78 is 0. The topological polar surface area (TPSA) is 54.0 Å².